The van der Waals surface area contributed by atoms with Crippen molar-refractivity contribution in [3.63, 3.8) is 0 Å². The van der Waals surface area contributed by atoms with E-state index in [0.29, 0.717) is 0 Å². The molecule has 1 aromatic heterocycles. The van der Waals surface area contributed by atoms with Crippen molar-refractivity contribution >= 4 is 0 Å². The van der Waals surface area contributed by atoms with Gasteiger partial charge in [0.25, 0.3) is 0 Å². The summed E-state index contributed by atoms with van der Waals surface area (Å²) in [5.41, 5.74) is 0. The van der Waals surface area contributed by atoms with Crippen molar-refractivity contribution in [1.82, 2.24) is 15.3 Å². The highest BCUT2D eigenvalue weighted by atomic mass is 15.0. The van der Waals surface area contributed by atoms with Gasteiger partial charge in [-0.15, -0.1) is 6.58 Å². The quantitative estimate of drug-likeness (QED) is 0.539. The molecular formula is C13H21N3. The van der Waals surface area contributed by atoms with Gasteiger partial charge in [0.05, 0.1) is 6.04 Å². The van der Waals surface area contributed by atoms with E-state index >= 15 is 0 Å². The van der Waals surface area contributed by atoms with Crippen LogP contribution >= 0.6 is 0 Å². The van der Waals surface area contributed by atoms with Gasteiger partial charge < -0.3 is 5.32 Å². The lowest BCUT2D eigenvalue weighted by Crippen LogP contribution is -2.23. The predicted octanol–water partition coefficient (Wildman–Crippen LogP) is 2.87. The van der Waals surface area contributed by atoms with Gasteiger partial charge in [-0.2, -0.15) is 0 Å². The van der Waals surface area contributed by atoms with Crippen molar-refractivity contribution in [1.29, 1.82) is 0 Å². The minimum atomic E-state index is 0.279. The van der Waals surface area contributed by atoms with Crippen molar-refractivity contribution in [2.75, 3.05) is 6.54 Å². The molecule has 88 valence electrons. The lowest BCUT2D eigenvalue weighted by Gasteiger charge is -2.16. The van der Waals surface area contributed by atoms with Gasteiger partial charge >= 0.3 is 0 Å². The fourth-order valence-electron chi connectivity index (χ4n) is 1.60. The summed E-state index contributed by atoms with van der Waals surface area (Å²) in [7, 11) is 0. The molecule has 0 aliphatic heterocycles. The summed E-state index contributed by atoms with van der Waals surface area (Å²) in [5, 5.41) is 3.49. The molecule has 0 aliphatic carbocycles. The normalized spacial score (nSPS) is 12.3. The van der Waals surface area contributed by atoms with Gasteiger partial charge in [-0.1, -0.05) is 13.0 Å². The largest absolute Gasteiger partial charge is 0.307 e. The first kappa shape index (κ1) is 12.8. The first-order valence-corrected chi connectivity index (χ1v) is 5.99. The van der Waals surface area contributed by atoms with E-state index in [1.807, 2.05) is 12.1 Å². The predicted molar refractivity (Wildman–Crippen MR) is 67.1 cm³/mol. The standard InChI is InChI=1S/C13H21N3/c1-3-5-6-8-12(14-9-4-2)13-15-10-7-11-16-13/h3,7,10-12,14H,1,4-6,8-9H2,2H3. The maximum absolute atomic E-state index is 4.31. The molecule has 0 saturated carbocycles. The maximum Gasteiger partial charge on any atom is 0.145 e. The molecule has 16 heavy (non-hydrogen) atoms. The average molecular weight is 219 g/mol. The Bertz CT molecular complexity index is 284. The van der Waals surface area contributed by atoms with E-state index in [1.54, 1.807) is 12.4 Å². The Hall–Kier alpha value is -1.22. The smallest absolute Gasteiger partial charge is 0.145 e. The van der Waals surface area contributed by atoms with Crippen LogP contribution in [0.15, 0.2) is 31.1 Å². The van der Waals surface area contributed by atoms with E-state index < -0.39 is 0 Å². The van der Waals surface area contributed by atoms with Crippen molar-refractivity contribution in [2.45, 2.75) is 38.6 Å². The summed E-state index contributed by atoms with van der Waals surface area (Å²) in [5.74, 6) is 0.903. The van der Waals surface area contributed by atoms with Gasteiger partial charge in [0, 0.05) is 12.4 Å². The van der Waals surface area contributed by atoms with Crippen LogP contribution in [0.3, 0.4) is 0 Å². The van der Waals surface area contributed by atoms with Crippen LogP contribution in [0.25, 0.3) is 0 Å². The molecule has 1 heterocycles. The van der Waals surface area contributed by atoms with Crippen LogP contribution in [0.2, 0.25) is 0 Å². The first-order chi connectivity index (χ1) is 7.88. The summed E-state index contributed by atoms with van der Waals surface area (Å²) in [4.78, 5) is 8.62. The number of hydrogen-bond acceptors (Lipinski definition) is 3. The maximum atomic E-state index is 4.31. The average Bonchev–Trinajstić information content (AvgIpc) is 2.35. The molecule has 0 amide bonds. The lowest BCUT2D eigenvalue weighted by molar-refractivity contribution is 0.465. The summed E-state index contributed by atoms with van der Waals surface area (Å²) >= 11 is 0. The summed E-state index contributed by atoms with van der Waals surface area (Å²) in [6, 6.07) is 2.13. The van der Waals surface area contributed by atoms with E-state index in [-0.39, 0.29) is 6.04 Å². The molecule has 1 unspecified atom stereocenters. The Morgan fingerprint density at radius 3 is 2.81 bits per heavy atom. The molecule has 0 bridgehead atoms. The Labute approximate surface area is 98.0 Å². The zero-order valence-electron chi connectivity index (χ0n) is 10.0. The summed E-state index contributed by atoms with van der Waals surface area (Å²) in [6.45, 7) is 6.92. The van der Waals surface area contributed by atoms with Gasteiger partial charge in [-0.3, -0.25) is 0 Å². The fraction of sp³-hybridized carbons (Fsp3) is 0.538. The third-order valence-electron chi connectivity index (χ3n) is 2.44. The number of nitrogens with one attached hydrogen (secondary N) is 1. The topological polar surface area (TPSA) is 37.8 Å². The van der Waals surface area contributed by atoms with E-state index in [4.69, 9.17) is 0 Å². The highest BCUT2D eigenvalue weighted by Crippen LogP contribution is 2.15. The van der Waals surface area contributed by atoms with Crippen LogP contribution in [0.1, 0.15) is 44.5 Å². The monoisotopic (exact) mass is 219 g/mol. The van der Waals surface area contributed by atoms with Gasteiger partial charge in [0.15, 0.2) is 0 Å². The number of rotatable bonds is 8. The third-order valence-corrected chi connectivity index (χ3v) is 2.44. The van der Waals surface area contributed by atoms with E-state index in [0.717, 1.165) is 38.1 Å². The Balaban J connectivity index is 2.52. The Morgan fingerprint density at radius 1 is 1.44 bits per heavy atom. The zero-order valence-corrected chi connectivity index (χ0v) is 10.0. The van der Waals surface area contributed by atoms with Crippen molar-refractivity contribution in [3.05, 3.63) is 36.9 Å². The molecule has 3 nitrogen and oxygen atoms in total. The van der Waals surface area contributed by atoms with Gasteiger partial charge in [-0.25, -0.2) is 9.97 Å². The fourth-order valence-corrected chi connectivity index (χ4v) is 1.60. The minimum absolute atomic E-state index is 0.279. The Morgan fingerprint density at radius 2 is 2.19 bits per heavy atom. The number of unbranched alkanes of at least 4 members (excludes halogenated alkanes) is 1. The molecule has 1 aromatic rings. The van der Waals surface area contributed by atoms with Crippen LogP contribution in [-0.2, 0) is 0 Å². The van der Waals surface area contributed by atoms with Crippen LogP contribution < -0.4 is 5.32 Å². The molecule has 3 heteroatoms. The van der Waals surface area contributed by atoms with Crippen LogP contribution in [0, 0.1) is 0 Å². The molecule has 0 aromatic carbocycles. The second kappa shape index (κ2) is 7.99. The van der Waals surface area contributed by atoms with E-state index in [2.05, 4.69) is 28.8 Å². The molecule has 0 radical (unpaired) electrons. The minimum Gasteiger partial charge on any atom is -0.307 e. The molecule has 0 fully saturated rings. The second-order valence-corrected chi connectivity index (χ2v) is 3.83. The van der Waals surface area contributed by atoms with Crippen molar-refractivity contribution < 1.29 is 0 Å². The van der Waals surface area contributed by atoms with E-state index in [9.17, 15) is 0 Å². The molecule has 1 rings (SSSR count). The number of nitrogens with zero attached hydrogens (tertiary/aromatic N) is 2. The molecule has 1 N–H and O–H groups in total. The van der Waals surface area contributed by atoms with E-state index in [1.165, 1.54) is 0 Å². The molecule has 0 spiro atoms. The van der Waals surface area contributed by atoms with Gasteiger partial charge in [0.1, 0.15) is 5.82 Å². The van der Waals surface area contributed by atoms with Crippen LogP contribution in [0.5, 0.6) is 0 Å². The van der Waals surface area contributed by atoms with Gasteiger partial charge in [0.2, 0.25) is 0 Å². The first-order valence-electron chi connectivity index (χ1n) is 5.99. The highest BCUT2D eigenvalue weighted by Gasteiger charge is 2.11. The van der Waals surface area contributed by atoms with Crippen LogP contribution in [-0.4, -0.2) is 16.5 Å². The molecule has 0 saturated heterocycles. The SMILES string of the molecule is C=CCCCC(NCCC)c1ncccn1. The molecule has 1 atom stereocenters. The lowest BCUT2D eigenvalue weighted by atomic mass is 10.1. The van der Waals surface area contributed by atoms with Crippen molar-refractivity contribution in [3.8, 4) is 0 Å². The Kier molecular flexibility index (Phi) is 6.42. The number of hydrogen-bond donors (Lipinski definition) is 1. The molecular weight excluding hydrogens is 198 g/mol. The molecule has 0 aliphatic rings. The zero-order chi connectivity index (χ0) is 11.6. The van der Waals surface area contributed by atoms with Crippen LogP contribution in [0.4, 0.5) is 0 Å². The number of allylic oxidation sites excluding steroid dienone is 1. The third kappa shape index (κ3) is 4.53. The highest BCUT2D eigenvalue weighted by molar-refractivity contribution is 4.95. The van der Waals surface area contributed by atoms with Crippen molar-refractivity contribution in [2.24, 2.45) is 0 Å². The van der Waals surface area contributed by atoms with Gasteiger partial charge in [-0.05, 0) is 38.3 Å². The number of aromatic nitrogens is 2. The summed E-state index contributed by atoms with van der Waals surface area (Å²) in [6.07, 6.45) is 9.94. The second-order valence-electron chi connectivity index (χ2n) is 3.83. The summed E-state index contributed by atoms with van der Waals surface area (Å²) < 4.78 is 0.